The molecule has 5 heterocycles. The summed E-state index contributed by atoms with van der Waals surface area (Å²) in [5.74, 6) is -0.316. The van der Waals surface area contributed by atoms with Crippen molar-refractivity contribution in [3.05, 3.63) is 60.3 Å². The van der Waals surface area contributed by atoms with Crippen LogP contribution in [0.25, 0.3) is 28.0 Å². The molecule has 3 saturated carbocycles. The van der Waals surface area contributed by atoms with E-state index in [1.807, 2.05) is 24.0 Å². The highest BCUT2D eigenvalue weighted by Crippen LogP contribution is 2.98. The number of anilines is 1. The molecule has 4 N–H and O–H groups in total. The summed E-state index contributed by atoms with van der Waals surface area (Å²) < 4.78 is 41.0. The van der Waals surface area contributed by atoms with E-state index in [0.717, 1.165) is 30.2 Å². The van der Waals surface area contributed by atoms with Gasteiger partial charge in [-0.2, -0.15) is 9.61 Å². The lowest BCUT2D eigenvalue weighted by atomic mass is 9.63. The SMILES string of the molecule is CC1(c2nc3c(-c4ccc(-c5ccc(F)cc5)nc4)cnn3c(N)c2S(C)(=O)=O)CC23CC24C[C@@]4(C1)N3C(N)=O. The molecule has 10 nitrogen and oxygen atoms in total. The van der Waals surface area contributed by atoms with Crippen molar-refractivity contribution in [2.75, 3.05) is 12.0 Å². The van der Waals surface area contributed by atoms with E-state index >= 15 is 0 Å². The van der Waals surface area contributed by atoms with Crippen LogP contribution in [0.4, 0.5) is 15.0 Å². The van der Waals surface area contributed by atoms with Crippen molar-refractivity contribution in [1.82, 2.24) is 24.5 Å². The van der Waals surface area contributed by atoms with Gasteiger partial charge in [-0.05, 0) is 56.0 Å². The highest BCUT2D eigenvalue weighted by atomic mass is 32.2. The third-order valence-corrected chi connectivity index (χ3v) is 11.1. The van der Waals surface area contributed by atoms with E-state index in [1.54, 1.807) is 24.5 Å². The predicted octanol–water partition coefficient (Wildman–Crippen LogP) is 3.30. The van der Waals surface area contributed by atoms with Crippen LogP contribution in [0.2, 0.25) is 0 Å². The monoisotopic (exact) mass is 559 g/mol. The Morgan fingerprint density at radius 3 is 2.23 bits per heavy atom. The van der Waals surface area contributed by atoms with Gasteiger partial charge in [0.15, 0.2) is 15.5 Å². The molecular formula is C28H26FN7O3S. The van der Waals surface area contributed by atoms with Crippen LogP contribution in [0.15, 0.2) is 53.7 Å². The fraction of sp³-hybridized carbons (Fsp3) is 0.357. The highest BCUT2D eigenvalue weighted by Gasteiger charge is 3.04. The van der Waals surface area contributed by atoms with Crippen LogP contribution in [0.1, 0.15) is 38.3 Å². The van der Waals surface area contributed by atoms with Gasteiger partial charge in [0.2, 0.25) is 0 Å². The molecule has 2 amide bonds. The van der Waals surface area contributed by atoms with Crippen LogP contribution in [0.5, 0.6) is 0 Å². The number of piperidine rings is 2. The van der Waals surface area contributed by atoms with E-state index in [1.165, 1.54) is 16.6 Å². The van der Waals surface area contributed by atoms with Crippen LogP contribution in [-0.2, 0) is 15.3 Å². The van der Waals surface area contributed by atoms with E-state index in [0.29, 0.717) is 35.4 Å². The molecule has 1 aromatic carbocycles. The summed E-state index contributed by atoms with van der Waals surface area (Å²) in [6.07, 6.45) is 7.36. The van der Waals surface area contributed by atoms with Gasteiger partial charge in [0.25, 0.3) is 0 Å². The Bertz CT molecular complexity index is 1900. The average Bonchev–Trinajstić information content (AvgIpc) is 3.53. The fourth-order valence-corrected chi connectivity index (χ4v) is 9.67. The number of rotatable bonds is 4. The zero-order chi connectivity index (χ0) is 28.0. The topological polar surface area (TPSA) is 150 Å². The Kier molecular flexibility index (Phi) is 4.04. The number of pyridine rings is 1. The lowest BCUT2D eigenvalue weighted by molar-refractivity contribution is -0.0360. The number of carbonyl (C=O) groups is 1. The molecule has 3 unspecified atom stereocenters. The molecule has 2 aliphatic heterocycles. The normalized spacial score (nSPS) is 31.3. The van der Waals surface area contributed by atoms with Gasteiger partial charge < -0.3 is 16.4 Å². The quantitative estimate of drug-likeness (QED) is 0.390. The maximum atomic E-state index is 13.3. The first-order valence-corrected chi connectivity index (χ1v) is 15.0. The van der Waals surface area contributed by atoms with Crippen molar-refractivity contribution in [2.24, 2.45) is 11.1 Å². The number of sulfone groups is 1. The van der Waals surface area contributed by atoms with Crippen LogP contribution in [0, 0.1) is 11.2 Å². The summed E-state index contributed by atoms with van der Waals surface area (Å²) >= 11 is 0. The maximum absolute atomic E-state index is 13.3. The van der Waals surface area contributed by atoms with Crippen LogP contribution < -0.4 is 11.5 Å². The molecule has 5 fully saturated rings. The van der Waals surface area contributed by atoms with Gasteiger partial charge in [-0.25, -0.2) is 22.6 Å². The van der Waals surface area contributed by atoms with Crippen molar-refractivity contribution in [3.8, 4) is 22.4 Å². The van der Waals surface area contributed by atoms with Gasteiger partial charge in [-0.1, -0.05) is 13.0 Å². The molecule has 2 bridgehead atoms. The number of fused-ring (bicyclic) bond motifs is 3. The second kappa shape index (κ2) is 6.80. The van der Waals surface area contributed by atoms with Gasteiger partial charge >= 0.3 is 6.03 Å². The average molecular weight is 560 g/mol. The first kappa shape index (κ1) is 23.8. The molecule has 0 radical (unpaired) electrons. The highest BCUT2D eigenvalue weighted by molar-refractivity contribution is 7.91. The summed E-state index contributed by atoms with van der Waals surface area (Å²) in [7, 11) is -3.78. The van der Waals surface area contributed by atoms with Gasteiger partial charge in [-0.3, -0.25) is 4.98 Å². The summed E-state index contributed by atoms with van der Waals surface area (Å²) in [6.45, 7) is 2.03. The fourth-order valence-electron chi connectivity index (χ4n) is 8.56. The minimum Gasteiger partial charge on any atom is -0.382 e. The third-order valence-electron chi connectivity index (χ3n) is 9.96. The molecule has 3 spiro atoms. The Balaban J connectivity index is 1.26. The molecule has 3 aromatic heterocycles. The Morgan fingerprint density at radius 2 is 1.65 bits per heavy atom. The summed E-state index contributed by atoms with van der Waals surface area (Å²) in [5.41, 5.74) is 14.8. The molecule has 4 aromatic rings. The Morgan fingerprint density at radius 1 is 1.00 bits per heavy atom. The Labute approximate surface area is 229 Å². The number of urea groups is 1. The van der Waals surface area contributed by atoms with E-state index in [4.69, 9.17) is 16.5 Å². The van der Waals surface area contributed by atoms with Gasteiger partial charge in [0.05, 0.1) is 28.7 Å². The van der Waals surface area contributed by atoms with Crippen LogP contribution in [0.3, 0.4) is 0 Å². The first-order chi connectivity index (χ1) is 18.9. The van der Waals surface area contributed by atoms with E-state index < -0.39 is 21.3 Å². The zero-order valence-corrected chi connectivity index (χ0v) is 22.7. The molecule has 3 aliphatic carbocycles. The number of halogens is 1. The number of primary amides is 1. The predicted molar refractivity (Wildman–Crippen MR) is 144 cm³/mol. The Hall–Kier alpha value is -4.06. The lowest BCUT2D eigenvalue weighted by Crippen LogP contribution is -2.69. The van der Waals surface area contributed by atoms with E-state index in [9.17, 15) is 17.6 Å². The van der Waals surface area contributed by atoms with Gasteiger partial charge in [0, 0.05) is 40.0 Å². The lowest BCUT2D eigenvalue weighted by Gasteiger charge is -2.58. The minimum absolute atomic E-state index is 0.00438. The molecule has 204 valence electrons. The first-order valence-electron chi connectivity index (χ1n) is 13.1. The number of aromatic nitrogens is 4. The number of carbonyl (C=O) groups excluding carboxylic acids is 1. The minimum atomic E-state index is -3.78. The molecule has 9 rings (SSSR count). The zero-order valence-electron chi connectivity index (χ0n) is 21.8. The number of benzene rings is 1. The molecule has 12 heteroatoms. The van der Waals surface area contributed by atoms with Crippen molar-refractivity contribution >= 4 is 27.3 Å². The van der Waals surface area contributed by atoms with E-state index in [-0.39, 0.29) is 33.0 Å². The standard InChI is InChI=1S/C28H26FN7O3S/c1-25(11-27-13-26(27)14-28(26,12-25)36(27)24(31)37)21-20(40(2,38)39)22(30)35-23(34-21)18(10-33-35)16-5-8-19(32-9-16)15-3-6-17(29)7-4-15/h3-10H,11-14,30H2,1-2H3,(H2,31,37)/t25?,26?,27-,28?/m1/s1. The number of nitrogens with zero attached hydrogens (tertiary/aromatic N) is 5. The van der Waals surface area contributed by atoms with Gasteiger partial charge in [-0.15, -0.1) is 0 Å². The molecule has 2 saturated heterocycles. The molecule has 5 aliphatic rings. The number of amides is 2. The van der Waals surface area contributed by atoms with Crippen LogP contribution in [-0.4, -0.2) is 56.3 Å². The van der Waals surface area contributed by atoms with Gasteiger partial charge in [0.1, 0.15) is 16.5 Å². The van der Waals surface area contributed by atoms with E-state index in [2.05, 4.69) is 10.1 Å². The molecular weight excluding hydrogens is 533 g/mol. The largest absolute Gasteiger partial charge is 0.382 e. The summed E-state index contributed by atoms with van der Waals surface area (Å²) in [4.78, 5) is 23.7. The van der Waals surface area contributed by atoms with Crippen molar-refractivity contribution in [1.29, 1.82) is 0 Å². The number of hydrogen-bond acceptors (Lipinski definition) is 7. The van der Waals surface area contributed by atoms with Crippen LogP contribution >= 0.6 is 0 Å². The second-order valence-corrected chi connectivity index (χ2v) is 14.2. The molecule has 4 atom stereocenters. The van der Waals surface area contributed by atoms with Crippen molar-refractivity contribution in [2.45, 2.75) is 54.0 Å². The van der Waals surface area contributed by atoms with Crippen molar-refractivity contribution in [3.63, 3.8) is 0 Å². The number of nitrogens with two attached hydrogens (primary N) is 2. The second-order valence-electron chi connectivity index (χ2n) is 12.3. The molecule has 40 heavy (non-hydrogen) atoms. The smallest absolute Gasteiger partial charge is 0.315 e. The number of nitrogen functional groups attached to an aromatic ring is 1. The maximum Gasteiger partial charge on any atom is 0.315 e. The summed E-state index contributed by atoms with van der Waals surface area (Å²) in [5, 5.41) is 4.40. The third kappa shape index (κ3) is 2.60. The summed E-state index contributed by atoms with van der Waals surface area (Å²) in [6, 6.07) is 9.38. The number of hydrogen-bond donors (Lipinski definition) is 2. The van der Waals surface area contributed by atoms with Crippen molar-refractivity contribution < 1.29 is 17.6 Å².